The first-order valence-corrected chi connectivity index (χ1v) is 4.59. The smallest absolute Gasteiger partial charge is 0.314 e. The monoisotopic (exact) mass is 248 g/mol. The third kappa shape index (κ3) is 3.82. The molecule has 0 spiro atoms. The quantitative estimate of drug-likeness (QED) is 0.406. The van der Waals surface area contributed by atoms with Crippen LogP contribution in [0.5, 0.6) is 0 Å². The summed E-state index contributed by atoms with van der Waals surface area (Å²) >= 11 is 0. The summed E-state index contributed by atoms with van der Waals surface area (Å²) in [5.41, 5.74) is -1.82. The molecule has 0 aromatic carbocycles. The fourth-order valence-electron chi connectivity index (χ4n) is 0.900. The Morgan fingerprint density at radius 2 is 1.67 bits per heavy atom. The van der Waals surface area contributed by atoms with Crippen LogP contribution in [-0.4, -0.2) is 19.9 Å². The van der Waals surface area contributed by atoms with Crippen molar-refractivity contribution in [3.05, 3.63) is 65.7 Å². The molecule has 0 unspecified atom stereocenters. The van der Waals surface area contributed by atoms with Gasteiger partial charge in [0.2, 0.25) is 0 Å². The predicted molar refractivity (Wildman–Crippen MR) is 63.3 cm³/mol. The lowest BCUT2D eigenvalue weighted by Crippen LogP contribution is -2.23. The summed E-state index contributed by atoms with van der Waals surface area (Å²) < 4.78 is 0. The molecular formula is C10H8N4O4. The maximum Gasteiger partial charge on any atom is 0.325 e. The lowest BCUT2D eigenvalue weighted by atomic mass is 10.4. The highest BCUT2D eigenvalue weighted by Gasteiger charge is 1.92. The van der Waals surface area contributed by atoms with Crippen molar-refractivity contribution in [1.29, 1.82) is 0 Å². The van der Waals surface area contributed by atoms with Crippen molar-refractivity contribution in [2.45, 2.75) is 0 Å². The van der Waals surface area contributed by atoms with Gasteiger partial charge in [-0.1, -0.05) is 5.92 Å². The van der Waals surface area contributed by atoms with E-state index in [1.54, 1.807) is 0 Å². The van der Waals surface area contributed by atoms with Crippen molar-refractivity contribution in [1.82, 2.24) is 19.9 Å². The maximum absolute atomic E-state index is 10.7. The highest BCUT2D eigenvalue weighted by Crippen LogP contribution is 1.75. The summed E-state index contributed by atoms with van der Waals surface area (Å²) in [7, 11) is 0. The third-order valence-corrected chi connectivity index (χ3v) is 1.66. The summed E-state index contributed by atoms with van der Waals surface area (Å²) in [5, 5.41) is 0. The topological polar surface area (TPSA) is 131 Å². The van der Waals surface area contributed by atoms with E-state index < -0.39 is 16.9 Å². The fourth-order valence-corrected chi connectivity index (χ4v) is 0.900. The third-order valence-electron chi connectivity index (χ3n) is 1.66. The number of H-pyrrole nitrogens is 4. The van der Waals surface area contributed by atoms with E-state index in [0.29, 0.717) is 0 Å². The second kappa shape index (κ2) is 5.86. The average Bonchev–Trinajstić information content (AvgIpc) is 2.29. The minimum Gasteiger partial charge on any atom is -0.314 e. The Labute approximate surface area is 98.7 Å². The lowest BCUT2D eigenvalue weighted by molar-refractivity contribution is 1.03. The molecule has 0 radical (unpaired) electrons. The normalized spacial score (nSPS) is 8.83. The zero-order valence-electron chi connectivity index (χ0n) is 8.94. The highest BCUT2D eigenvalue weighted by molar-refractivity contribution is 5.25. The van der Waals surface area contributed by atoms with Gasteiger partial charge in [-0.05, 0) is 0 Å². The molecule has 0 amide bonds. The SMILES string of the molecule is C#Cc1c[nH]c(=O)[nH]c1=O.O=c1cc[nH]c(=O)[nH]1. The van der Waals surface area contributed by atoms with Crippen LogP contribution in [0, 0.1) is 12.3 Å². The van der Waals surface area contributed by atoms with Gasteiger partial charge in [-0.25, -0.2) is 9.59 Å². The Morgan fingerprint density at radius 3 is 2.11 bits per heavy atom. The van der Waals surface area contributed by atoms with Gasteiger partial charge in [-0.3, -0.25) is 19.6 Å². The Morgan fingerprint density at radius 1 is 1.00 bits per heavy atom. The highest BCUT2D eigenvalue weighted by atomic mass is 16.2. The van der Waals surface area contributed by atoms with Crippen molar-refractivity contribution < 1.29 is 0 Å². The van der Waals surface area contributed by atoms with Crippen molar-refractivity contribution >= 4 is 0 Å². The van der Waals surface area contributed by atoms with Gasteiger partial charge in [-0.2, -0.15) is 0 Å². The van der Waals surface area contributed by atoms with Crippen LogP contribution in [0.2, 0.25) is 0 Å². The Kier molecular flexibility index (Phi) is 4.22. The van der Waals surface area contributed by atoms with Gasteiger partial charge in [0.25, 0.3) is 11.1 Å². The number of terminal acetylenes is 1. The van der Waals surface area contributed by atoms with Gasteiger partial charge >= 0.3 is 11.4 Å². The first-order chi connectivity index (χ1) is 8.52. The molecule has 0 saturated heterocycles. The Balaban J connectivity index is 0.000000184. The number of aromatic nitrogens is 4. The van der Waals surface area contributed by atoms with Crippen LogP contribution in [-0.2, 0) is 0 Å². The van der Waals surface area contributed by atoms with Crippen LogP contribution in [0.4, 0.5) is 0 Å². The lowest BCUT2D eigenvalue weighted by Gasteiger charge is -1.84. The van der Waals surface area contributed by atoms with Crippen LogP contribution in [0.15, 0.2) is 37.6 Å². The summed E-state index contributed by atoms with van der Waals surface area (Å²) in [5.74, 6) is 2.11. The zero-order chi connectivity index (χ0) is 13.5. The van der Waals surface area contributed by atoms with Gasteiger partial charge in [-0.15, -0.1) is 6.42 Å². The van der Waals surface area contributed by atoms with Crippen molar-refractivity contribution in [2.24, 2.45) is 0 Å². The van der Waals surface area contributed by atoms with Crippen LogP contribution in [0.25, 0.3) is 0 Å². The molecule has 2 rings (SSSR count). The molecule has 0 saturated carbocycles. The molecule has 0 atom stereocenters. The van der Waals surface area contributed by atoms with E-state index in [0.717, 1.165) is 0 Å². The Bertz CT molecular complexity index is 761. The Hall–Kier alpha value is -3.08. The molecule has 8 nitrogen and oxygen atoms in total. The zero-order valence-corrected chi connectivity index (χ0v) is 8.94. The van der Waals surface area contributed by atoms with E-state index in [4.69, 9.17) is 6.42 Å². The van der Waals surface area contributed by atoms with Crippen LogP contribution in [0.3, 0.4) is 0 Å². The van der Waals surface area contributed by atoms with Gasteiger partial charge in [0.15, 0.2) is 0 Å². The van der Waals surface area contributed by atoms with E-state index in [2.05, 4.69) is 15.9 Å². The number of hydrogen-bond acceptors (Lipinski definition) is 4. The molecule has 2 heterocycles. The molecule has 0 aliphatic heterocycles. The first-order valence-electron chi connectivity index (χ1n) is 4.59. The summed E-state index contributed by atoms with van der Waals surface area (Å²) in [4.78, 5) is 49.9. The van der Waals surface area contributed by atoms with E-state index in [1.165, 1.54) is 18.5 Å². The first kappa shape index (κ1) is 13.0. The number of aromatic amines is 4. The summed E-state index contributed by atoms with van der Waals surface area (Å²) in [6, 6.07) is 1.24. The molecule has 18 heavy (non-hydrogen) atoms. The van der Waals surface area contributed by atoms with Gasteiger partial charge in [0.1, 0.15) is 5.56 Å². The van der Waals surface area contributed by atoms with Crippen LogP contribution >= 0.6 is 0 Å². The molecule has 4 N–H and O–H groups in total. The largest absolute Gasteiger partial charge is 0.325 e. The van der Waals surface area contributed by atoms with Gasteiger partial charge in [0, 0.05) is 18.5 Å². The number of rotatable bonds is 0. The molecule has 8 heteroatoms. The van der Waals surface area contributed by atoms with Gasteiger partial charge < -0.3 is 9.97 Å². The summed E-state index contributed by atoms with van der Waals surface area (Å²) in [6.45, 7) is 0. The molecular weight excluding hydrogens is 240 g/mol. The van der Waals surface area contributed by atoms with Crippen LogP contribution in [0.1, 0.15) is 5.56 Å². The molecule has 0 fully saturated rings. The van der Waals surface area contributed by atoms with Crippen molar-refractivity contribution in [2.75, 3.05) is 0 Å². The van der Waals surface area contributed by atoms with E-state index in [1.807, 2.05) is 9.97 Å². The molecule has 0 aliphatic rings. The molecule has 92 valence electrons. The van der Waals surface area contributed by atoms with Gasteiger partial charge in [0.05, 0.1) is 0 Å². The van der Waals surface area contributed by atoms with E-state index in [9.17, 15) is 19.2 Å². The molecule has 0 aliphatic carbocycles. The standard InChI is InChI=1S/C6H4N2O2.C4H4N2O2/c1-2-4-3-7-6(10)8-5(4)9;7-3-1-2-5-4(8)6-3/h1,3H,(H2,7,8,9,10);1-2H,(H2,5,6,7,8). The maximum atomic E-state index is 10.7. The van der Waals surface area contributed by atoms with E-state index >= 15 is 0 Å². The van der Waals surface area contributed by atoms with Crippen LogP contribution < -0.4 is 22.5 Å². The minimum absolute atomic E-state index is 0.125. The molecule has 2 aromatic rings. The molecule has 2 aromatic heterocycles. The average molecular weight is 248 g/mol. The molecule has 0 bridgehead atoms. The minimum atomic E-state index is -0.552. The number of nitrogens with one attached hydrogen (secondary N) is 4. The summed E-state index contributed by atoms with van der Waals surface area (Å²) in [6.07, 6.45) is 7.40. The van der Waals surface area contributed by atoms with Crippen molar-refractivity contribution in [3.8, 4) is 12.3 Å². The fraction of sp³-hybridized carbons (Fsp3) is 0. The second-order valence-electron chi connectivity index (χ2n) is 2.93. The van der Waals surface area contributed by atoms with E-state index in [-0.39, 0.29) is 11.1 Å². The second-order valence-corrected chi connectivity index (χ2v) is 2.93. The predicted octanol–water partition coefficient (Wildman–Crippen LogP) is -1.89. The number of hydrogen-bond donors (Lipinski definition) is 4. The van der Waals surface area contributed by atoms with Crippen molar-refractivity contribution in [3.63, 3.8) is 0 Å².